The van der Waals surface area contributed by atoms with Crippen LogP contribution in [-0.2, 0) is 11.3 Å². The molecule has 8 nitrogen and oxygen atoms in total. The fourth-order valence-electron chi connectivity index (χ4n) is 2.55. The molecule has 0 unspecified atom stereocenters. The molecular formula is C19H15F2N3O5. The molecule has 0 aromatic heterocycles. The van der Waals surface area contributed by atoms with Crippen LogP contribution in [0.2, 0.25) is 0 Å². The van der Waals surface area contributed by atoms with Gasteiger partial charge in [-0.2, -0.15) is 5.26 Å². The van der Waals surface area contributed by atoms with Crippen molar-refractivity contribution in [3.63, 3.8) is 0 Å². The first-order chi connectivity index (χ1) is 13.6. The first kappa shape index (κ1) is 21.3. The van der Waals surface area contributed by atoms with Crippen molar-refractivity contribution < 1.29 is 28.7 Å². The number of benzene rings is 2. The van der Waals surface area contributed by atoms with Crippen LogP contribution >= 0.6 is 0 Å². The molecule has 2 N–H and O–H groups in total. The van der Waals surface area contributed by atoms with Gasteiger partial charge in [0.1, 0.15) is 17.6 Å². The Morgan fingerprint density at radius 2 is 1.93 bits per heavy atom. The number of hydrogen-bond acceptors (Lipinski definition) is 6. The number of phenolic OH excluding ortho intramolecular Hbond substituents is 1. The van der Waals surface area contributed by atoms with Gasteiger partial charge in [-0.3, -0.25) is 14.9 Å². The molecule has 0 bridgehead atoms. The summed E-state index contributed by atoms with van der Waals surface area (Å²) in [6.45, 7) is 1.50. The summed E-state index contributed by atoms with van der Waals surface area (Å²) in [4.78, 5) is 23.3. The van der Waals surface area contributed by atoms with Gasteiger partial charge in [0, 0.05) is 30.8 Å². The minimum absolute atomic E-state index is 0.170. The number of aliphatic hydroxyl groups is 1. The molecule has 0 saturated heterocycles. The highest BCUT2D eigenvalue weighted by Gasteiger charge is 2.25. The Morgan fingerprint density at radius 1 is 1.28 bits per heavy atom. The molecule has 0 aliphatic heterocycles. The molecule has 2 aromatic rings. The second-order valence-corrected chi connectivity index (χ2v) is 6.17. The summed E-state index contributed by atoms with van der Waals surface area (Å²) in [5, 5.41) is 39.8. The Balaban J connectivity index is 2.44. The van der Waals surface area contributed by atoms with Crippen molar-refractivity contribution in [2.45, 2.75) is 13.5 Å². The lowest BCUT2D eigenvalue weighted by Crippen LogP contribution is -2.28. The van der Waals surface area contributed by atoms with E-state index in [1.165, 1.54) is 25.2 Å². The van der Waals surface area contributed by atoms with Crippen molar-refractivity contribution in [1.82, 2.24) is 4.90 Å². The first-order valence-corrected chi connectivity index (χ1v) is 8.08. The Bertz CT molecular complexity index is 1080. The third-order valence-corrected chi connectivity index (χ3v) is 4.03. The minimum Gasteiger partial charge on any atom is -0.506 e. The molecule has 0 spiro atoms. The third-order valence-electron chi connectivity index (χ3n) is 4.03. The normalized spacial score (nSPS) is 11.4. The van der Waals surface area contributed by atoms with Crippen LogP contribution in [0, 0.1) is 40.0 Å². The number of aryl methyl sites for hydroxylation is 1. The largest absolute Gasteiger partial charge is 0.506 e. The van der Waals surface area contributed by atoms with Crippen molar-refractivity contribution >= 4 is 17.4 Å². The third kappa shape index (κ3) is 4.47. The molecule has 0 aliphatic rings. The van der Waals surface area contributed by atoms with Gasteiger partial charge in [0.05, 0.1) is 4.92 Å². The maximum absolute atomic E-state index is 13.9. The molecular weight excluding hydrogens is 388 g/mol. The molecule has 0 radical (unpaired) electrons. The average Bonchev–Trinajstić information content (AvgIpc) is 2.66. The van der Waals surface area contributed by atoms with Crippen LogP contribution in [0.4, 0.5) is 14.5 Å². The van der Waals surface area contributed by atoms with Gasteiger partial charge in [-0.05, 0) is 19.1 Å². The second-order valence-electron chi connectivity index (χ2n) is 6.17. The number of rotatable bonds is 5. The van der Waals surface area contributed by atoms with Gasteiger partial charge in [-0.1, -0.05) is 17.7 Å². The predicted octanol–water partition coefficient (Wildman–Crippen LogP) is 3.34. The fraction of sp³-hybridized carbons (Fsp3) is 0.158. The topological polar surface area (TPSA) is 128 Å². The molecule has 10 heteroatoms. The van der Waals surface area contributed by atoms with Crippen molar-refractivity contribution in [2.24, 2.45) is 0 Å². The molecule has 29 heavy (non-hydrogen) atoms. The summed E-state index contributed by atoms with van der Waals surface area (Å²) in [6.07, 6.45) is 0. The maximum Gasteiger partial charge on any atom is 0.314 e. The predicted molar refractivity (Wildman–Crippen MR) is 97.5 cm³/mol. The van der Waals surface area contributed by atoms with Gasteiger partial charge >= 0.3 is 5.69 Å². The van der Waals surface area contributed by atoms with Crippen molar-refractivity contribution in [3.8, 4) is 11.8 Å². The van der Waals surface area contributed by atoms with E-state index in [0.717, 1.165) is 10.5 Å². The number of nitrogens with zero attached hydrogens (tertiary/aromatic N) is 3. The summed E-state index contributed by atoms with van der Waals surface area (Å²) in [5.74, 6) is -5.26. The van der Waals surface area contributed by atoms with E-state index in [0.29, 0.717) is 12.1 Å². The molecule has 0 heterocycles. The number of phenols is 1. The second kappa shape index (κ2) is 8.35. The summed E-state index contributed by atoms with van der Waals surface area (Å²) < 4.78 is 27.7. The van der Waals surface area contributed by atoms with Crippen LogP contribution in [0.25, 0.3) is 5.76 Å². The number of carbonyl (C=O) groups excluding carboxylic acids is 1. The van der Waals surface area contributed by atoms with Gasteiger partial charge in [0.15, 0.2) is 11.4 Å². The van der Waals surface area contributed by atoms with E-state index >= 15 is 0 Å². The number of hydrogen-bond donors (Lipinski definition) is 2. The summed E-state index contributed by atoms with van der Waals surface area (Å²) in [7, 11) is 1.26. The number of nitro groups is 1. The van der Waals surface area contributed by atoms with E-state index in [1.54, 1.807) is 13.0 Å². The zero-order valence-corrected chi connectivity index (χ0v) is 15.3. The number of halogens is 2. The quantitative estimate of drug-likeness (QED) is 0.259. The molecule has 150 valence electrons. The number of aliphatic hydroxyl groups excluding tert-OH is 1. The van der Waals surface area contributed by atoms with Crippen molar-refractivity contribution in [3.05, 3.63) is 74.3 Å². The lowest BCUT2D eigenvalue weighted by atomic mass is 10.1. The van der Waals surface area contributed by atoms with Crippen molar-refractivity contribution in [1.29, 1.82) is 5.26 Å². The van der Waals surface area contributed by atoms with Gasteiger partial charge in [-0.25, -0.2) is 8.78 Å². The van der Waals surface area contributed by atoms with Gasteiger partial charge < -0.3 is 15.1 Å². The molecule has 0 atom stereocenters. The van der Waals surface area contributed by atoms with Crippen molar-refractivity contribution in [2.75, 3.05) is 7.05 Å². The van der Waals surface area contributed by atoms with E-state index in [1.807, 2.05) is 0 Å². The molecule has 0 fully saturated rings. The summed E-state index contributed by atoms with van der Waals surface area (Å²) in [5.41, 5.74) is -1.52. The van der Waals surface area contributed by atoms with E-state index in [2.05, 4.69) is 0 Å². The lowest BCUT2D eigenvalue weighted by Gasteiger charge is -2.18. The summed E-state index contributed by atoms with van der Waals surface area (Å²) in [6, 6.07) is 6.90. The molecule has 0 saturated carbocycles. The highest BCUT2D eigenvalue weighted by Crippen LogP contribution is 2.32. The highest BCUT2D eigenvalue weighted by atomic mass is 19.1. The van der Waals surface area contributed by atoms with Crippen LogP contribution in [0.5, 0.6) is 5.75 Å². The Hall–Kier alpha value is -4.00. The molecule has 2 aromatic carbocycles. The minimum atomic E-state index is -1.42. The van der Waals surface area contributed by atoms with Crippen LogP contribution in [0.1, 0.15) is 16.7 Å². The molecule has 1 amide bonds. The van der Waals surface area contributed by atoms with Crippen LogP contribution in [0.15, 0.2) is 35.9 Å². The smallest absolute Gasteiger partial charge is 0.314 e. The number of nitro benzene ring substituents is 1. The van der Waals surface area contributed by atoms with Gasteiger partial charge in [0.2, 0.25) is 5.75 Å². The van der Waals surface area contributed by atoms with Crippen LogP contribution in [-0.4, -0.2) is 33.0 Å². The number of likely N-dealkylation sites (N-methyl/N-ethyl adjacent to an activating group) is 1. The lowest BCUT2D eigenvalue weighted by molar-refractivity contribution is -0.386. The number of nitriles is 1. The van der Waals surface area contributed by atoms with Gasteiger partial charge in [0.25, 0.3) is 5.91 Å². The average molecular weight is 403 g/mol. The standard InChI is InChI=1S/C19H15F2N3O5/c1-10-3-4-14(20)12(5-10)9-23(2)19(27)13(8-22)17(25)11-6-15(21)18(26)16(7-11)24(28)29/h3-7,25-26H,9H2,1-2H3/b17-13-. The Labute approximate surface area is 163 Å². The van der Waals surface area contributed by atoms with E-state index in [-0.39, 0.29) is 12.1 Å². The number of amides is 1. The van der Waals surface area contributed by atoms with Crippen LogP contribution < -0.4 is 0 Å². The molecule has 2 rings (SSSR count). The number of carbonyl (C=O) groups is 1. The SMILES string of the molecule is Cc1ccc(F)c(CN(C)C(=O)/C(C#N)=C(\O)c2cc(F)c(O)c([N+](=O)[O-])c2)c1. The zero-order valence-electron chi connectivity index (χ0n) is 15.3. The zero-order chi connectivity index (χ0) is 21.9. The van der Waals surface area contributed by atoms with E-state index in [4.69, 9.17) is 0 Å². The fourth-order valence-corrected chi connectivity index (χ4v) is 2.55. The van der Waals surface area contributed by atoms with E-state index < -0.39 is 50.8 Å². The van der Waals surface area contributed by atoms with E-state index in [9.17, 15) is 39.2 Å². The number of aromatic hydroxyl groups is 1. The van der Waals surface area contributed by atoms with Gasteiger partial charge in [-0.15, -0.1) is 0 Å². The monoisotopic (exact) mass is 403 g/mol. The summed E-state index contributed by atoms with van der Waals surface area (Å²) >= 11 is 0. The Kier molecular flexibility index (Phi) is 6.13. The first-order valence-electron chi connectivity index (χ1n) is 8.08. The van der Waals surface area contributed by atoms with Crippen LogP contribution in [0.3, 0.4) is 0 Å². The highest BCUT2D eigenvalue weighted by molar-refractivity contribution is 6.03. The molecule has 0 aliphatic carbocycles. The Morgan fingerprint density at radius 3 is 2.52 bits per heavy atom. The maximum atomic E-state index is 13.9.